The fourth-order valence-electron chi connectivity index (χ4n) is 3.76. The zero-order chi connectivity index (χ0) is 22.2. The van der Waals surface area contributed by atoms with Crippen molar-refractivity contribution in [2.75, 3.05) is 20.2 Å². The van der Waals surface area contributed by atoms with Gasteiger partial charge in [0.05, 0.1) is 19.3 Å². The van der Waals surface area contributed by atoms with Gasteiger partial charge in [0, 0.05) is 25.1 Å². The van der Waals surface area contributed by atoms with Gasteiger partial charge in [-0.1, -0.05) is 12.1 Å². The van der Waals surface area contributed by atoms with E-state index in [-0.39, 0.29) is 12.4 Å². The standard InChI is InChI=1S/C22H26FN5O3/c1-22(2,30)20-26-28(18-6-4-15(5-7-18)16-11-24-25-12-16)21(29)27(20)13-14-8-17(23)10-19(9-14)31-3/h4-10,16,24-25,30H,11-13H2,1-3H3. The zero-order valence-electron chi connectivity index (χ0n) is 17.7. The van der Waals surface area contributed by atoms with E-state index in [9.17, 15) is 14.3 Å². The molecule has 1 aromatic heterocycles. The Hall–Kier alpha value is -3.01. The molecule has 2 heterocycles. The highest BCUT2D eigenvalue weighted by atomic mass is 19.1. The Morgan fingerprint density at radius 3 is 2.48 bits per heavy atom. The van der Waals surface area contributed by atoms with Crippen molar-refractivity contribution in [2.45, 2.75) is 31.9 Å². The van der Waals surface area contributed by atoms with Crippen molar-refractivity contribution in [3.63, 3.8) is 0 Å². The summed E-state index contributed by atoms with van der Waals surface area (Å²) >= 11 is 0. The van der Waals surface area contributed by atoms with E-state index in [0.29, 0.717) is 22.9 Å². The molecule has 0 radical (unpaired) electrons. The molecule has 0 aliphatic carbocycles. The van der Waals surface area contributed by atoms with Gasteiger partial charge < -0.3 is 9.84 Å². The number of methoxy groups -OCH3 is 1. The quantitative estimate of drug-likeness (QED) is 0.554. The van der Waals surface area contributed by atoms with Gasteiger partial charge in [0.2, 0.25) is 0 Å². The van der Waals surface area contributed by atoms with E-state index in [0.717, 1.165) is 18.7 Å². The molecule has 3 N–H and O–H groups in total. The third kappa shape index (κ3) is 4.39. The summed E-state index contributed by atoms with van der Waals surface area (Å²) in [6, 6.07) is 11.9. The first-order valence-electron chi connectivity index (χ1n) is 10.1. The number of ether oxygens (including phenoxy) is 1. The fourth-order valence-corrected chi connectivity index (χ4v) is 3.76. The van der Waals surface area contributed by atoms with Crippen LogP contribution in [0.2, 0.25) is 0 Å². The van der Waals surface area contributed by atoms with Gasteiger partial charge in [-0.2, -0.15) is 4.68 Å². The molecular weight excluding hydrogens is 401 g/mol. The monoisotopic (exact) mass is 427 g/mol. The largest absolute Gasteiger partial charge is 0.497 e. The predicted octanol–water partition coefficient (Wildman–Crippen LogP) is 1.65. The molecule has 0 atom stereocenters. The Labute approximate surface area is 179 Å². The summed E-state index contributed by atoms with van der Waals surface area (Å²) in [6.07, 6.45) is 0. The minimum absolute atomic E-state index is 0.0454. The van der Waals surface area contributed by atoms with Crippen molar-refractivity contribution in [1.29, 1.82) is 0 Å². The number of hydrogen-bond donors (Lipinski definition) is 3. The second-order valence-corrected chi connectivity index (χ2v) is 8.21. The molecule has 0 unspecified atom stereocenters. The summed E-state index contributed by atoms with van der Waals surface area (Å²) < 4.78 is 21.7. The number of aliphatic hydroxyl groups is 1. The van der Waals surface area contributed by atoms with Crippen LogP contribution >= 0.6 is 0 Å². The molecule has 31 heavy (non-hydrogen) atoms. The van der Waals surface area contributed by atoms with Crippen LogP contribution in [-0.2, 0) is 12.1 Å². The van der Waals surface area contributed by atoms with Gasteiger partial charge in [0.15, 0.2) is 5.82 Å². The molecule has 164 valence electrons. The molecule has 1 saturated heterocycles. The van der Waals surface area contributed by atoms with Crippen LogP contribution in [0, 0.1) is 5.82 Å². The maximum atomic E-state index is 13.9. The lowest BCUT2D eigenvalue weighted by Crippen LogP contribution is -2.29. The molecule has 0 bridgehead atoms. The summed E-state index contributed by atoms with van der Waals surface area (Å²) in [5.74, 6) is 0.435. The van der Waals surface area contributed by atoms with Crippen molar-refractivity contribution >= 4 is 0 Å². The summed E-state index contributed by atoms with van der Waals surface area (Å²) in [7, 11) is 1.45. The number of halogens is 1. The fraction of sp³-hybridized carbons (Fsp3) is 0.364. The van der Waals surface area contributed by atoms with Crippen molar-refractivity contribution in [3.05, 3.63) is 75.7 Å². The van der Waals surface area contributed by atoms with E-state index < -0.39 is 17.1 Å². The number of nitrogens with zero attached hydrogens (tertiary/aromatic N) is 3. The van der Waals surface area contributed by atoms with Crippen LogP contribution in [0.25, 0.3) is 5.69 Å². The Bertz CT molecular complexity index is 1130. The highest BCUT2D eigenvalue weighted by Gasteiger charge is 2.27. The van der Waals surface area contributed by atoms with Crippen LogP contribution in [0.1, 0.15) is 36.7 Å². The summed E-state index contributed by atoms with van der Waals surface area (Å²) in [5.41, 5.74) is 6.69. The van der Waals surface area contributed by atoms with E-state index in [1.165, 1.54) is 28.5 Å². The highest BCUT2D eigenvalue weighted by Crippen LogP contribution is 2.22. The van der Waals surface area contributed by atoms with E-state index in [2.05, 4.69) is 16.0 Å². The van der Waals surface area contributed by atoms with Crippen LogP contribution in [0.4, 0.5) is 4.39 Å². The van der Waals surface area contributed by atoms with E-state index in [1.54, 1.807) is 19.9 Å². The van der Waals surface area contributed by atoms with Gasteiger partial charge in [-0.25, -0.2) is 9.18 Å². The van der Waals surface area contributed by atoms with Gasteiger partial charge >= 0.3 is 5.69 Å². The Kier molecular flexibility index (Phi) is 5.65. The number of rotatable bonds is 6. The maximum absolute atomic E-state index is 13.9. The van der Waals surface area contributed by atoms with Gasteiger partial charge in [-0.3, -0.25) is 15.4 Å². The zero-order valence-corrected chi connectivity index (χ0v) is 17.7. The number of benzene rings is 2. The molecule has 4 rings (SSSR count). The molecule has 3 aromatic rings. The first-order chi connectivity index (χ1) is 14.8. The third-order valence-electron chi connectivity index (χ3n) is 5.35. The van der Waals surface area contributed by atoms with Crippen LogP contribution in [-0.4, -0.2) is 39.7 Å². The maximum Gasteiger partial charge on any atom is 0.351 e. The van der Waals surface area contributed by atoms with Crippen molar-refractivity contribution in [1.82, 2.24) is 25.2 Å². The Morgan fingerprint density at radius 2 is 1.87 bits per heavy atom. The number of nitrogens with one attached hydrogen (secondary N) is 2. The Balaban J connectivity index is 1.73. The second-order valence-electron chi connectivity index (χ2n) is 8.21. The predicted molar refractivity (Wildman–Crippen MR) is 114 cm³/mol. The molecule has 1 aliphatic rings. The lowest BCUT2D eigenvalue weighted by molar-refractivity contribution is 0.0643. The van der Waals surface area contributed by atoms with Gasteiger partial charge in [0.1, 0.15) is 17.2 Å². The molecule has 8 nitrogen and oxygen atoms in total. The van der Waals surface area contributed by atoms with Gasteiger partial charge in [0.25, 0.3) is 0 Å². The normalized spacial score (nSPS) is 14.9. The Morgan fingerprint density at radius 1 is 1.19 bits per heavy atom. The van der Waals surface area contributed by atoms with Crippen LogP contribution in [0.3, 0.4) is 0 Å². The minimum Gasteiger partial charge on any atom is -0.497 e. The SMILES string of the molecule is COc1cc(F)cc(Cn2c(C(C)(C)O)nn(-c3ccc(C4CNNC4)cc3)c2=O)c1. The molecule has 0 amide bonds. The number of aromatic nitrogens is 3. The summed E-state index contributed by atoms with van der Waals surface area (Å²) in [6.45, 7) is 4.85. The van der Waals surface area contributed by atoms with Crippen molar-refractivity contribution < 1.29 is 14.2 Å². The number of hydrazine groups is 1. The van der Waals surface area contributed by atoms with Crippen molar-refractivity contribution in [2.24, 2.45) is 0 Å². The average molecular weight is 427 g/mol. The average Bonchev–Trinajstić information content (AvgIpc) is 3.37. The number of hydrogen-bond acceptors (Lipinski definition) is 6. The van der Waals surface area contributed by atoms with E-state index in [4.69, 9.17) is 4.74 Å². The summed E-state index contributed by atoms with van der Waals surface area (Å²) in [4.78, 5) is 13.2. The van der Waals surface area contributed by atoms with E-state index in [1.807, 2.05) is 24.3 Å². The van der Waals surface area contributed by atoms with Gasteiger partial charge in [-0.15, -0.1) is 5.10 Å². The summed E-state index contributed by atoms with van der Waals surface area (Å²) in [5, 5.41) is 15.0. The minimum atomic E-state index is -1.37. The second kappa shape index (κ2) is 8.26. The molecule has 1 aliphatic heterocycles. The first kappa shape index (κ1) is 21.2. The third-order valence-corrected chi connectivity index (χ3v) is 5.35. The van der Waals surface area contributed by atoms with Crippen LogP contribution in [0.5, 0.6) is 5.75 Å². The lowest BCUT2D eigenvalue weighted by Gasteiger charge is -2.17. The molecule has 9 heteroatoms. The van der Waals surface area contributed by atoms with Crippen LogP contribution < -0.4 is 21.3 Å². The highest BCUT2D eigenvalue weighted by molar-refractivity contribution is 5.36. The van der Waals surface area contributed by atoms with Crippen molar-refractivity contribution in [3.8, 4) is 11.4 Å². The molecule has 0 saturated carbocycles. The molecule has 2 aromatic carbocycles. The molecule has 0 spiro atoms. The molecule has 1 fully saturated rings. The van der Waals surface area contributed by atoms with E-state index >= 15 is 0 Å². The topological polar surface area (TPSA) is 93.3 Å². The smallest absolute Gasteiger partial charge is 0.351 e. The van der Waals surface area contributed by atoms with Gasteiger partial charge in [-0.05, 0) is 49.2 Å². The van der Waals surface area contributed by atoms with Crippen LogP contribution in [0.15, 0.2) is 47.3 Å². The first-order valence-corrected chi connectivity index (χ1v) is 10.1. The lowest BCUT2D eigenvalue weighted by atomic mass is 10.0. The molecular formula is C22H26FN5O3.